The smallest absolute Gasteiger partial charge is 0.0305 e. The molecule has 2 rings (SSSR count). The third-order valence-corrected chi connectivity index (χ3v) is 3.15. The maximum Gasteiger partial charge on any atom is 0.0305 e. The summed E-state index contributed by atoms with van der Waals surface area (Å²) in [5, 5.41) is 2.12. The molecule has 0 aliphatic heterocycles. The normalized spacial score (nSPS) is 15.5. The van der Waals surface area contributed by atoms with Crippen molar-refractivity contribution in [2.75, 3.05) is 0 Å². The van der Waals surface area contributed by atoms with Crippen molar-refractivity contribution in [2.24, 2.45) is 0 Å². The van der Waals surface area contributed by atoms with Crippen LogP contribution in [-0.2, 0) is 0 Å². The molecule has 1 aliphatic carbocycles. The lowest BCUT2D eigenvalue weighted by Gasteiger charge is -1.95. The molecule has 0 N–H and O–H groups in total. The second-order valence-electron chi connectivity index (χ2n) is 3.29. The maximum atomic E-state index is 3.94. The summed E-state index contributed by atoms with van der Waals surface area (Å²) in [4.78, 5) is 1.38. The molecule has 1 heteroatoms. The van der Waals surface area contributed by atoms with Crippen LogP contribution in [0.5, 0.6) is 0 Å². The minimum Gasteiger partial charge on any atom is -0.144 e. The van der Waals surface area contributed by atoms with Gasteiger partial charge in [0.1, 0.15) is 0 Å². The Morgan fingerprint density at radius 1 is 1.54 bits per heavy atom. The SMILES string of the molecule is C=C(C)C1=CCC(c2cccs2)=C1. The Hall–Kier alpha value is -1.08. The zero-order valence-corrected chi connectivity index (χ0v) is 8.53. The van der Waals surface area contributed by atoms with Crippen LogP contribution in [0.1, 0.15) is 18.2 Å². The van der Waals surface area contributed by atoms with E-state index in [2.05, 4.69) is 43.2 Å². The summed E-state index contributed by atoms with van der Waals surface area (Å²) in [6.45, 7) is 6.00. The third-order valence-electron chi connectivity index (χ3n) is 2.20. The topological polar surface area (TPSA) is 0 Å². The molecule has 0 bridgehead atoms. The Bertz CT molecular complexity index is 377. The van der Waals surface area contributed by atoms with Crippen LogP contribution in [0, 0.1) is 0 Å². The van der Waals surface area contributed by atoms with Gasteiger partial charge in [-0.3, -0.25) is 0 Å². The van der Waals surface area contributed by atoms with Gasteiger partial charge in [0.25, 0.3) is 0 Å². The summed E-state index contributed by atoms with van der Waals surface area (Å²) in [6.07, 6.45) is 5.55. The molecule has 0 nitrogen and oxygen atoms in total. The molecule has 0 aromatic carbocycles. The molecule has 0 unspecified atom stereocenters. The minimum atomic E-state index is 1.06. The summed E-state index contributed by atoms with van der Waals surface area (Å²) in [5.74, 6) is 0. The van der Waals surface area contributed by atoms with Crippen molar-refractivity contribution in [1.82, 2.24) is 0 Å². The molecule has 0 spiro atoms. The van der Waals surface area contributed by atoms with Crippen LogP contribution in [0.25, 0.3) is 5.57 Å². The average Bonchev–Trinajstić information content (AvgIpc) is 2.75. The van der Waals surface area contributed by atoms with Gasteiger partial charge in [-0.1, -0.05) is 30.4 Å². The largest absolute Gasteiger partial charge is 0.144 e. The fourth-order valence-electron chi connectivity index (χ4n) is 1.46. The second-order valence-corrected chi connectivity index (χ2v) is 4.24. The summed E-state index contributed by atoms with van der Waals surface area (Å²) < 4.78 is 0. The fraction of sp³-hybridized carbons (Fsp3) is 0.167. The predicted molar refractivity (Wildman–Crippen MR) is 59.8 cm³/mol. The first-order chi connectivity index (χ1) is 6.27. The fourth-order valence-corrected chi connectivity index (χ4v) is 2.21. The summed E-state index contributed by atoms with van der Waals surface area (Å²) in [6, 6.07) is 4.27. The van der Waals surface area contributed by atoms with E-state index in [1.165, 1.54) is 16.0 Å². The van der Waals surface area contributed by atoms with Crippen molar-refractivity contribution in [3.8, 4) is 0 Å². The number of rotatable bonds is 2. The van der Waals surface area contributed by atoms with Crippen LogP contribution in [0.4, 0.5) is 0 Å². The molecule has 1 heterocycles. The van der Waals surface area contributed by atoms with Crippen LogP contribution in [0.15, 0.2) is 47.4 Å². The lowest BCUT2D eigenvalue weighted by Crippen LogP contribution is -1.73. The number of thiophene rings is 1. The predicted octanol–water partition coefficient (Wildman–Crippen LogP) is 4.04. The van der Waals surface area contributed by atoms with Crippen LogP contribution in [-0.4, -0.2) is 0 Å². The van der Waals surface area contributed by atoms with E-state index in [0.717, 1.165) is 12.0 Å². The molecule has 1 aliphatic rings. The van der Waals surface area contributed by atoms with Gasteiger partial charge in [0, 0.05) is 4.88 Å². The van der Waals surface area contributed by atoms with E-state index < -0.39 is 0 Å². The standard InChI is InChI=1S/C12H12S/c1-9(2)10-5-6-11(8-10)12-4-3-7-13-12/h3-5,7-8H,1,6H2,2H3. The van der Waals surface area contributed by atoms with Crippen LogP contribution < -0.4 is 0 Å². The third kappa shape index (κ3) is 1.65. The summed E-state index contributed by atoms with van der Waals surface area (Å²) in [5.41, 5.74) is 3.88. The Balaban J connectivity index is 2.24. The van der Waals surface area contributed by atoms with E-state index in [0.29, 0.717) is 0 Å². The van der Waals surface area contributed by atoms with Gasteiger partial charge in [-0.25, -0.2) is 0 Å². The van der Waals surface area contributed by atoms with Gasteiger partial charge in [-0.05, 0) is 35.9 Å². The van der Waals surface area contributed by atoms with Crippen molar-refractivity contribution in [3.63, 3.8) is 0 Å². The Labute approximate surface area is 82.9 Å². The highest BCUT2D eigenvalue weighted by molar-refractivity contribution is 7.11. The quantitative estimate of drug-likeness (QED) is 0.657. The molecule has 0 radical (unpaired) electrons. The first-order valence-corrected chi connectivity index (χ1v) is 5.26. The minimum absolute atomic E-state index is 1.06. The number of hydrogen-bond donors (Lipinski definition) is 0. The highest BCUT2D eigenvalue weighted by Crippen LogP contribution is 2.31. The zero-order chi connectivity index (χ0) is 9.26. The highest BCUT2D eigenvalue weighted by Gasteiger charge is 2.09. The monoisotopic (exact) mass is 188 g/mol. The van der Waals surface area contributed by atoms with Gasteiger partial charge in [0.05, 0.1) is 0 Å². The van der Waals surface area contributed by atoms with E-state index in [9.17, 15) is 0 Å². The van der Waals surface area contributed by atoms with Gasteiger partial charge in [-0.2, -0.15) is 0 Å². The molecule has 0 amide bonds. The van der Waals surface area contributed by atoms with E-state index in [-0.39, 0.29) is 0 Å². The van der Waals surface area contributed by atoms with Gasteiger partial charge in [0.15, 0.2) is 0 Å². The highest BCUT2D eigenvalue weighted by atomic mass is 32.1. The second kappa shape index (κ2) is 3.35. The number of allylic oxidation sites excluding steroid dienone is 5. The summed E-state index contributed by atoms with van der Waals surface area (Å²) >= 11 is 1.80. The lowest BCUT2D eigenvalue weighted by molar-refractivity contribution is 1.42. The Morgan fingerprint density at radius 2 is 2.38 bits per heavy atom. The average molecular weight is 188 g/mol. The molecule has 66 valence electrons. The molecule has 0 saturated heterocycles. The summed E-state index contributed by atoms with van der Waals surface area (Å²) in [7, 11) is 0. The van der Waals surface area contributed by atoms with Crippen molar-refractivity contribution in [3.05, 3.63) is 52.3 Å². The first kappa shape index (κ1) is 8.52. The van der Waals surface area contributed by atoms with Crippen LogP contribution >= 0.6 is 11.3 Å². The Morgan fingerprint density at radius 3 is 2.92 bits per heavy atom. The van der Waals surface area contributed by atoms with Gasteiger partial charge < -0.3 is 0 Å². The van der Waals surface area contributed by atoms with Crippen molar-refractivity contribution in [2.45, 2.75) is 13.3 Å². The van der Waals surface area contributed by atoms with Crippen molar-refractivity contribution in [1.29, 1.82) is 0 Å². The van der Waals surface area contributed by atoms with Gasteiger partial charge in [0.2, 0.25) is 0 Å². The van der Waals surface area contributed by atoms with Gasteiger partial charge in [-0.15, -0.1) is 11.3 Å². The zero-order valence-electron chi connectivity index (χ0n) is 7.71. The van der Waals surface area contributed by atoms with E-state index in [4.69, 9.17) is 0 Å². The van der Waals surface area contributed by atoms with Crippen molar-refractivity contribution >= 4 is 16.9 Å². The molecule has 0 fully saturated rings. The lowest BCUT2D eigenvalue weighted by atomic mass is 10.1. The molecular formula is C12H12S. The van der Waals surface area contributed by atoms with E-state index >= 15 is 0 Å². The van der Waals surface area contributed by atoms with E-state index in [1.807, 2.05) is 0 Å². The van der Waals surface area contributed by atoms with E-state index in [1.54, 1.807) is 11.3 Å². The first-order valence-electron chi connectivity index (χ1n) is 4.38. The van der Waals surface area contributed by atoms with Gasteiger partial charge >= 0.3 is 0 Å². The Kier molecular flexibility index (Phi) is 2.19. The van der Waals surface area contributed by atoms with Crippen LogP contribution in [0.2, 0.25) is 0 Å². The maximum absolute atomic E-state index is 3.94. The number of hydrogen-bond acceptors (Lipinski definition) is 1. The van der Waals surface area contributed by atoms with Crippen molar-refractivity contribution < 1.29 is 0 Å². The van der Waals surface area contributed by atoms with Crippen LogP contribution in [0.3, 0.4) is 0 Å². The molecule has 0 saturated carbocycles. The molecular weight excluding hydrogens is 176 g/mol. The molecule has 1 aromatic heterocycles. The molecule has 13 heavy (non-hydrogen) atoms. The molecule has 0 atom stereocenters. The molecule has 1 aromatic rings.